The molecule has 0 saturated carbocycles. The van der Waals surface area contributed by atoms with Crippen molar-refractivity contribution < 1.29 is 0 Å². The Morgan fingerprint density at radius 1 is 1.55 bits per heavy atom. The Kier molecular flexibility index (Phi) is 2.47. The molecule has 0 aliphatic rings. The smallest absolute Gasteiger partial charge is 0.0586 e. The molecule has 1 heterocycles. The van der Waals surface area contributed by atoms with Crippen molar-refractivity contribution in [3.8, 4) is 0 Å². The summed E-state index contributed by atoms with van der Waals surface area (Å²) in [7, 11) is 0. The van der Waals surface area contributed by atoms with Crippen LogP contribution in [0, 0.1) is 6.92 Å². The molecule has 2 N–H and O–H groups in total. The number of hydrogen-bond donors (Lipinski definition) is 1. The first-order valence-corrected chi connectivity index (χ1v) is 3.87. The fourth-order valence-electron chi connectivity index (χ4n) is 0.884. The van der Waals surface area contributed by atoms with Gasteiger partial charge in [-0.3, -0.25) is 4.98 Å². The van der Waals surface area contributed by atoms with Gasteiger partial charge in [0.05, 0.1) is 5.69 Å². The second-order valence-electron chi connectivity index (χ2n) is 2.64. The van der Waals surface area contributed by atoms with Crippen molar-refractivity contribution in [2.24, 2.45) is 5.73 Å². The van der Waals surface area contributed by atoms with Crippen LogP contribution in [-0.2, 0) is 0 Å². The van der Waals surface area contributed by atoms with Crippen LogP contribution in [0.5, 0.6) is 0 Å². The van der Waals surface area contributed by atoms with E-state index in [1.54, 1.807) is 6.07 Å². The van der Waals surface area contributed by atoms with Gasteiger partial charge in [0, 0.05) is 16.8 Å². The Bertz CT molecular complexity index is 238. The number of hydrogen-bond acceptors (Lipinski definition) is 2. The summed E-state index contributed by atoms with van der Waals surface area (Å²) in [5.74, 6) is 0. The van der Waals surface area contributed by atoms with E-state index in [4.69, 9.17) is 17.3 Å². The third kappa shape index (κ3) is 2.17. The summed E-state index contributed by atoms with van der Waals surface area (Å²) in [6.07, 6.45) is 0. The van der Waals surface area contributed by atoms with Crippen LogP contribution in [0.15, 0.2) is 12.1 Å². The van der Waals surface area contributed by atoms with Crippen LogP contribution in [0.3, 0.4) is 0 Å². The normalized spacial score (nSPS) is 13.1. The van der Waals surface area contributed by atoms with Crippen molar-refractivity contribution in [1.29, 1.82) is 0 Å². The van der Waals surface area contributed by atoms with Gasteiger partial charge in [-0.1, -0.05) is 11.6 Å². The van der Waals surface area contributed by atoms with Gasteiger partial charge < -0.3 is 5.73 Å². The lowest BCUT2D eigenvalue weighted by atomic mass is 10.2. The summed E-state index contributed by atoms with van der Waals surface area (Å²) in [4.78, 5) is 4.22. The molecule has 1 aromatic rings. The van der Waals surface area contributed by atoms with Gasteiger partial charge in [0.1, 0.15) is 0 Å². The lowest BCUT2D eigenvalue weighted by Gasteiger charge is -2.05. The van der Waals surface area contributed by atoms with Crippen molar-refractivity contribution in [2.45, 2.75) is 19.9 Å². The van der Waals surface area contributed by atoms with Crippen molar-refractivity contribution in [3.05, 3.63) is 28.5 Å². The molecule has 1 aromatic heterocycles. The fraction of sp³-hybridized carbons (Fsp3) is 0.375. The molecule has 0 fully saturated rings. The number of pyridine rings is 1. The van der Waals surface area contributed by atoms with E-state index in [-0.39, 0.29) is 6.04 Å². The summed E-state index contributed by atoms with van der Waals surface area (Å²) in [6, 6.07) is 3.56. The number of nitrogens with two attached hydrogens (primary N) is 1. The van der Waals surface area contributed by atoms with Gasteiger partial charge in [-0.25, -0.2) is 0 Å². The first-order valence-electron chi connectivity index (χ1n) is 3.49. The minimum absolute atomic E-state index is 0.0487. The Balaban J connectivity index is 3.08. The molecule has 0 saturated heterocycles. The lowest BCUT2D eigenvalue weighted by Crippen LogP contribution is -2.07. The SMILES string of the molecule is Cc1cc(Cl)cc(C(C)N)n1. The van der Waals surface area contributed by atoms with Crippen LogP contribution >= 0.6 is 11.6 Å². The van der Waals surface area contributed by atoms with E-state index >= 15 is 0 Å². The highest BCUT2D eigenvalue weighted by Crippen LogP contribution is 2.14. The highest BCUT2D eigenvalue weighted by molar-refractivity contribution is 6.30. The minimum Gasteiger partial charge on any atom is -0.323 e. The van der Waals surface area contributed by atoms with Gasteiger partial charge in [-0.2, -0.15) is 0 Å². The molecule has 0 bridgehead atoms. The molecule has 0 aliphatic heterocycles. The molecule has 0 aromatic carbocycles. The van der Waals surface area contributed by atoms with Gasteiger partial charge in [-0.05, 0) is 26.0 Å². The van der Waals surface area contributed by atoms with Gasteiger partial charge in [-0.15, -0.1) is 0 Å². The molecular weight excluding hydrogens is 160 g/mol. The number of rotatable bonds is 1. The predicted octanol–water partition coefficient (Wildman–Crippen LogP) is 2.06. The highest BCUT2D eigenvalue weighted by atomic mass is 35.5. The van der Waals surface area contributed by atoms with Crippen LogP contribution in [0.25, 0.3) is 0 Å². The first-order chi connectivity index (χ1) is 5.09. The average molecular weight is 171 g/mol. The van der Waals surface area contributed by atoms with Crippen LogP contribution in [-0.4, -0.2) is 4.98 Å². The predicted molar refractivity (Wildman–Crippen MR) is 46.6 cm³/mol. The number of aryl methyl sites for hydroxylation is 1. The molecule has 3 heteroatoms. The van der Waals surface area contributed by atoms with Gasteiger partial charge in [0.25, 0.3) is 0 Å². The maximum Gasteiger partial charge on any atom is 0.0586 e. The number of nitrogens with zero attached hydrogens (tertiary/aromatic N) is 1. The molecule has 60 valence electrons. The molecule has 2 nitrogen and oxygen atoms in total. The van der Waals surface area contributed by atoms with E-state index in [0.717, 1.165) is 11.4 Å². The summed E-state index contributed by atoms with van der Waals surface area (Å²) in [6.45, 7) is 3.79. The second-order valence-corrected chi connectivity index (χ2v) is 3.08. The van der Waals surface area contributed by atoms with E-state index in [1.165, 1.54) is 0 Å². The molecular formula is C8H11ClN2. The lowest BCUT2D eigenvalue weighted by molar-refractivity contribution is 0.775. The van der Waals surface area contributed by atoms with Crippen LogP contribution in [0.1, 0.15) is 24.4 Å². The maximum atomic E-state index is 5.80. The Morgan fingerprint density at radius 3 is 2.64 bits per heavy atom. The Labute approximate surface area is 71.4 Å². The fourth-order valence-corrected chi connectivity index (χ4v) is 1.15. The standard InChI is InChI=1S/C8H11ClN2/c1-5-3-7(9)4-8(11-5)6(2)10/h3-4,6H,10H2,1-2H3. The van der Waals surface area contributed by atoms with E-state index in [9.17, 15) is 0 Å². The van der Waals surface area contributed by atoms with E-state index in [2.05, 4.69) is 4.98 Å². The second kappa shape index (κ2) is 3.20. The molecule has 0 amide bonds. The van der Waals surface area contributed by atoms with Crippen LogP contribution < -0.4 is 5.73 Å². The summed E-state index contributed by atoms with van der Waals surface area (Å²) in [5.41, 5.74) is 7.38. The van der Waals surface area contributed by atoms with Crippen LogP contribution in [0.2, 0.25) is 5.02 Å². The Morgan fingerprint density at radius 2 is 2.18 bits per heavy atom. The third-order valence-corrected chi connectivity index (χ3v) is 1.62. The molecule has 1 rings (SSSR count). The van der Waals surface area contributed by atoms with Crippen molar-refractivity contribution in [2.75, 3.05) is 0 Å². The molecule has 0 spiro atoms. The van der Waals surface area contributed by atoms with Gasteiger partial charge in [0.2, 0.25) is 0 Å². The zero-order chi connectivity index (χ0) is 8.43. The van der Waals surface area contributed by atoms with Gasteiger partial charge >= 0.3 is 0 Å². The minimum atomic E-state index is -0.0487. The highest BCUT2D eigenvalue weighted by Gasteiger charge is 2.02. The topological polar surface area (TPSA) is 38.9 Å². The molecule has 0 aliphatic carbocycles. The summed E-state index contributed by atoms with van der Waals surface area (Å²) in [5, 5.41) is 0.699. The third-order valence-electron chi connectivity index (χ3n) is 1.40. The number of aromatic nitrogens is 1. The van der Waals surface area contributed by atoms with E-state index < -0.39 is 0 Å². The van der Waals surface area contributed by atoms with Gasteiger partial charge in [0.15, 0.2) is 0 Å². The molecule has 1 atom stereocenters. The number of halogens is 1. The zero-order valence-corrected chi connectivity index (χ0v) is 7.39. The largest absolute Gasteiger partial charge is 0.323 e. The molecule has 11 heavy (non-hydrogen) atoms. The summed E-state index contributed by atoms with van der Waals surface area (Å²) < 4.78 is 0. The van der Waals surface area contributed by atoms with Crippen LogP contribution in [0.4, 0.5) is 0 Å². The average Bonchev–Trinajstić information content (AvgIpc) is 1.85. The molecule has 1 unspecified atom stereocenters. The van der Waals surface area contributed by atoms with E-state index in [1.807, 2.05) is 19.9 Å². The maximum absolute atomic E-state index is 5.80. The quantitative estimate of drug-likeness (QED) is 0.701. The monoisotopic (exact) mass is 170 g/mol. The Hall–Kier alpha value is -0.600. The zero-order valence-electron chi connectivity index (χ0n) is 6.63. The first kappa shape index (κ1) is 8.50. The van der Waals surface area contributed by atoms with Crippen molar-refractivity contribution in [1.82, 2.24) is 4.98 Å². The van der Waals surface area contributed by atoms with E-state index in [0.29, 0.717) is 5.02 Å². The van der Waals surface area contributed by atoms with Crippen molar-refractivity contribution >= 4 is 11.6 Å². The molecule has 0 radical (unpaired) electrons. The summed E-state index contributed by atoms with van der Waals surface area (Å²) >= 11 is 5.80. The van der Waals surface area contributed by atoms with Crippen molar-refractivity contribution in [3.63, 3.8) is 0 Å².